The van der Waals surface area contributed by atoms with Crippen molar-refractivity contribution in [2.75, 3.05) is 13.7 Å². The molecule has 0 radical (unpaired) electrons. The smallest absolute Gasteiger partial charge is 0.216 e. The zero-order valence-electron chi connectivity index (χ0n) is 10.0. The lowest BCUT2D eigenvalue weighted by Crippen LogP contribution is -2.38. The number of benzene rings is 1. The molecule has 3 N–H and O–H groups in total. The quantitative estimate of drug-likeness (QED) is 0.777. The van der Waals surface area contributed by atoms with Gasteiger partial charge in [0.15, 0.2) is 0 Å². The Bertz CT molecular complexity index is 460. The predicted molar refractivity (Wildman–Crippen MR) is 67.3 cm³/mol. The Morgan fingerprint density at radius 2 is 2.18 bits per heavy atom. The largest absolute Gasteiger partial charge is 0.497 e. The molecule has 0 amide bonds. The Morgan fingerprint density at radius 3 is 2.76 bits per heavy atom. The number of rotatable bonds is 6. The molecule has 0 heterocycles. The number of sulfonamides is 1. The van der Waals surface area contributed by atoms with Crippen LogP contribution in [0.3, 0.4) is 0 Å². The van der Waals surface area contributed by atoms with Gasteiger partial charge in [0, 0.05) is 12.6 Å². The third-order valence-electron chi connectivity index (χ3n) is 2.23. The van der Waals surface area contributed by atoms with E-state index in [9.17, 15) is 8.42 Å². The van der Waals surface area contributed by atoms with E-state index in [4.69, 9.17) is 10.5 Å². The maximum atomic E-state index is 11.8. The molecule has 0 bridgehead atoms. The van der Waals surface area contributed by atoms with Crippen molar-refractivity contribution in [2.45, 2.75) is 18.7 Å². The van der Waals surface area contributed by atoms with Crippen LogP contribution in [0.2, 0.25) is 0 Å². The molecule has 0 aliphatic heterocycles. The number of nitrogens with two attached hydrogens (primary N) is 1. The van der Waals surface area contributed by atoms with E-state index >= 15 is 0 Å². The van der Waals surface area contributed by atoms with Gasteiger partial charge < -0.3 is 10.5 Å². The summed E-state index contributed by atoms with van der Waals surface area (Å²) in [6, 6.07) is 6.72. The number of hydrogen-bond acceptors (Lipinski definition) is 4. The molecule has 0 aliphatic rings. The summed E-state index contributed by atoms with van der Waals surface area (Å²) in [5.74, 6) is 0.568. The van der Waals surface area contributed by atoms with Crippen molar-refractivity contribution >= 4 is 10.0 Å². The Morgan fingerprint density at radius 1 is 1.47 bits per heavy atom. The summed E-state index contributed by atoms with van der Waals surface area (Å²) >= 11 is 0. The minimum atomic E-state index is -3.36. The Labute approximate surface area is 102 Å². The lowest BCUT2D eigenvalue weighted by Gasteiger charge is -2.12. The van der Waals surface area contributed by atoms with Crippen LogP contribution in [0.4, 0.5) is 0 Å². The summed E-state index contributed by atoms with van der Waals surface area (Å²) in [5, 5.41) is 0. The summed E-state index contributed by atoms with van der Waals surface area (Å²) in [7, 11) is -1.81. The third-order valence-corrected chi connectivity index (χ3v) is 3.70. The van der Waals surface area contributed by atoms with Crippen LogP contribution >= 0.6 is 0 Å². The summed E-state index contributed by atoms with van der Waals surface area (Å²) in [6.07, 6.45) is 0. The standard InChI is InChI=1S/C11H18N2O3S/c1-9(7-12)13-17(14,15)8-10-4-3-5-11(6-10)16-2/h3-6,9,13H,7-8,12H2,1-2H3/t9-/m0/s1. The summed E-state index contributed by atoms with van der Waals surface area (Å²) in [4.78, 5) is 0. The molecule has 0 saturated heterocycles. The Balaban J connectivity index is 2.75. The summed E-state index contributed by atoms with van der Waals surface area (Å²) in [5.41, 5.74) is 6.05. The van der Waals surface area contributed by atoms with Crippen LogP contribution in [-0.4, -0.2) is 28.1 Å². The zero-order chi connectivity index (χ0) is 12.9. The van der Waals surface area contributed by atoms with Crippen molar-refractivity contribution in [1.29, 1.82) is 0 Å². The first-order chi connectivity index (χ1) is 7.96. The molecule has 1 aromatic rings. The number of ether oxygens (including phenoxy) is 1. The van der Waals surface area contributed by atoms with E-state index in [-0.39, 0.29) is 18.3 Å². The number of methoxy groups -OCH3 is 1. The SMILES string of the molecule is COc1cccc(CS(=O)(=O)N[C@@H](C)CN)c1. The molecule has 1 rings (SSSR count). The fourth-order valence-corrected chi connectivity index (χ4v) is 2.79. The number of nitrogens with one attached hydrogen (secondary N) is 1. The molecule has 1 aromatic carbocycles. The van der Waals surface area contributed by atoms with Crippen LogP contribution in [-0.2, 0) is 15.8 Å². The van der Waals surface area contributed by atoms with E-state index in [1.54, 1.807) is 38.3 Å². The van der Waals surface area contributed by atoms with E-state index < -0.39 is 10.0 Å². The van der Waals surface area contributed by atoms with Crippen molar-refractivity contribution < 1.29 is 13.2 Å². The Hall–Kier alpha value is -1.11. The van der Waals surface area contributed by atoms with Gasteiger partial charge in [0.2, 0.25) is 10.0 Å². The van der Waals surface area contributed by atoms with Crippen molar-refractivity contribution in [3.05, 3.63) is 29.8 Å². The lowest BCUT2D eigenvalue weighted by atomic mass is 10.2. The molecule has 5 nitrogen and oxygen atoms in total. The first-order valence-corrected chi connectivity index (χ1v) is 6.95. The first kappa shape index (κ1) is 14.0. The lowest BCUT2D eigenvalue weighted by molar-refractivity contribution is 0.414. The van der Waals surface area contributed by atoms with Gasteiger partial charge in [-0.2, -0.15) is 0 Å². The highest BCUT2D eigenvalue weighted by Gasteiger charge is 2.14. The van der Waals surface area contributed by atoms with Crippen LogP contribution < -0.4 is 15.2 Å². The highest BCUT2D eigenvalue weighted by atomic mass is 32.2. The topological polar surface area (TPSA) is 81.4 Å². The Kier molecular flexibility index (Phi) is 4.92. The van der Waals surface area contributed by atoms with Gasteiger partial charge in [-0.25, -0.2) is 13.1 Å². The third kappa shape index (κ3) is 4.72. The summed E-state index contributed by atoms with van der Waals surface area (Å²) < 4.78 is 31.1. The molecule has 96 valence electrons. The monoisotopic (exact) mass is 258 g/mol. The second-order valence-corrected chi connectivity index (χ2v) is 5.62. The zero-order valence-corrected chi connectivity index (χ0v) is 10.8. The second kappa shape index (κ2) is 6.00. The van der Waals surface area contributed by atoms with Crippen LogP contribution in [0.1, 0.15) is 12.5 Å². The van der Waals surface area contributed by atoms with E-state index in [2.05, 4.69) is 4.72 Å². The van der Waals surface area contributed by atoms with Crippen LogP contribution in [0, 0.1) is 0 Å². The van der Waals surface area contributed by atoms with Crippen LogP contribution in [0.5, 0.6) is 5.75 Å². The van der Waals surface area contributed by atoms with Gasteiger partial charge in [-0.15, -0.1) is 0 Å². The molecule has 0 aromatic heterocycles. The van der Waals surface area contributed by atoms with Gasteiger partial charge in [0.1, 0.15) is 5.75 Å². The van der Waals surface area contributed by atoms with Crippen LogP contribution in [0.15, 0.2) is 24.3 Å². The maximum absolute atomic E-state index is 11.8. The fourth-order valence-electron chi connectivity index (χ4n) is 1.38. The second-order valence-electron chi connectivity index (χ2n) is 3.87. The van der Waals surface area contributed by atoms with Gasteiger partial charge in [-0.05, 0) is 24.6 Å². The highest BCUT2D eigenvalue weighted by Crippen LogP contribution is 2.14. The molecule has 1 atom stereocenters. The van der Waals surface area contributed by atoms with Gasteiger partial charge in [-0.3, -0.25) is 0 Å². The van der Waals surface area contributed by atoms with Crippen molar-refractivity contribution in [2.24, 2.45) is 5.73 Å². The van der Waals surface area contributed by atoms with Gasteiger partial charge in [0.05, 0.1) is 12.9 Å². The van der Waals surface area contributed by atoms with E-state index in [0.717, 1.165) is 0 Å². The van der Waals surface area contributed by atoms with Crippen molar-refractivity contribution in [3.8, 4) is 5.75 Å². The van der Waals surface area contributed by atoms with Crippen LogP contribution in [0.25, 0.3) is 0 Å². The van der Waals surface area contributed by atoms with Gasteiger partial charge in [-0.1, -0.05) is 12.1 Å². The molecule has 0 saturated carbocycles. The molecular weight excluding hydrogens is 240 g/mol. The molecule has 0 spiro atoms. The molecular formula is C11H18N2O3S. The molecule has 0 aliphatic carbocycles. The normalized spacial score (nSPS) is 13.4. The average molecular weight is 258 g/mol. The van der Waals surface area contributed by atoms with Gasteiger partial charge >= 0.3 is 0 Å². The first-order valence-electron chi connectivity index (χ1n) is 5.30. The van der Waals surface area contributed by atoms with Crippen molar-refractivity contribution in [3.63, 3.8) is 0 Å². The molecule has 0 fully saturated rings. The van der Waals surface area contributed by atoms with E-state index in [0.29, 0.717) is 11.3 Å². The minimum Gasteiger partial charge on any atom is -0.497 e. The van der Waals surface area contributed by atoms with Crippen molar-refractivity contribution in [1.82, 2.24) is 4.72 Å². The maximum Gasteiger partial charge on any atom is 0.216 e. The fraction of sp³-hybridized carbons (Fsp3) is 0.455. The molecule has 0 unspecified atom stereocenters. The van der Waals surface area contributed by atoms with E-state index in [1.807, 2.05) is 0 Å². The van der Waals surface area contributed by atoms with Gasteiger partial charge in [0.25, 0.3) is 0 Å². The summed E-state index contributed by atoms with van der Waals surface area (Å²) in [6.45, 7) is 2.00. The molecule has 17 heavy (non-hydrogen) atoms. The predicted octanol–water partition coefficient (Wildman–Crippen LogP) is 0.462. The highest BCUT2D eigenvalue weighted by molar-refractivity contribution is 7.88. The molecule has 6 heteroatoms. The number of hydrogen-bond donors (Lipinski definition) is 2. The minimum absolute atomic E-state index is 0.0749. The average Bonchev–Trinajstić information content (AvgIpc) is 2.27. The van der Waals surface area contributed by atoms with E-state index in [1.165, 1.54) is 0 Å².